The quantitative estimate of drug-likeness (QED) is 0.811. The van der Waals surface area contributed by atoms with Gasteiger partial charge in [0.25, 0.3) is 0 Å². The third-order valence-electron chi connectivity index (χ3n) is 5.04. The van der Waals surface area contributed by atoms with Crippen molar-refractivity contribution in [2.75, 3.05) is 13.2 Å². The van der Waals surface area contributed by atoms with E-state index in [1.807, 2.05) is 0 Å². The van der Waals surface area contributed by atoms with Gasteiger partial charge in [0.05, 0.1) is 6.10 Å². The van der Waals surface area contributed by atoms with Crippen LogP contribution in [0.25, 0.3) is 0 Å². The van der Waals surface area contributed by atoms with Crippen LogP contribution in [0, 0.1) is 0 Å². The number of likely N-dealkylation sites (N-methyl/N-ethyl adjacent to an activating group) is 1. The first-order valence-corrected chi connectivity index (χ1v) is 7.41. The van der Waals surface area contributed by atoms with Crippen molar-refractivity contribution in [2.24, 2.45) is 0 Å². The van der Waals surface area contributed by atoms with Crippen LogP contribution in [0.4, 0.5) is 0 Å². The summed E-state index contributed by atoms with van der Waals surface area (Å²) in [6, 6.07) is 3.06. The number of hydrogen-bond donors (Lipinski definition) is 1. The minimum absolute atomic E-state index is 0.433. The number of piperidine rings is 1. The molecule has 3 rings (SSSR count). The van der Waals surface area contributed by atoms with E-state index in [1.54, 1.807) is 0 Å². The second-order valence-corrected chi connectivity index (χ2v) is 6.03. The Balaban J connectivity index is 1.68. The van der Waals surface area contributed by atoms with Gasteiger partial charge in [0.15, 0.2) is 0 Å². The van der Waals surface area contributed by atoms with E-state index in [2.05, 4.69) is 24.1 Å². The van der Waals surface area contributed by atoms with Crippen molar-refractivity contribution < 1.29 is 4.74 Å². The molecule has 0 radical (unpaired) electrons. The van der Waals surface area contributed by atoms with Gasteiger partial charge < -0.3 is 10.1 Å². The van der Waals surface area contributed by atoms with Crippen molar-refractivity contribution in [2.45, 2.75) is 76.2 Å². The smallest absolute Gasteiger partial charge is 0.0703 e. The zero-order valence-electron chi connectivity index (χ0n) is 11.2. The lowest BCUT2D eigenvalue weighted by Crippen LogP contribution is -2.53. The first-order chi connectivity index (χ1) is 8.28. The Kier molecular flexibility index (Phi) is 3.42. The van der Waals surface area contributed by atoms with Gasteiger partial charge in [0.1, 0.15) is 0 Å². The van der Waals surface area contributed by atoms with Gasteiger partial charge in [-0.1, -0.05) is 6.92 Å². The fourth-order valence-electron chi connectivity index (χ4n) is 4.22. The third-order valence-corrected chi connectivity index (χ3v) is 5.04. The molecule has 0 aliphatic carbocycles. The molecule has 98 valence electrons. The molecule has 3 aliphatic rings. The molecule has 4 atom stereocenters. The fourth-order valence-corrected chi connectivity index (χ4v) is 4.22. The monoisotopic (exact) mass is 238 g/mol. The molecular formula is C14H26N2O. The molecule has 3 heterocycles. The van der Waals surface area contributed by atoms with Crippen molar-refractivity contribution in [3.8, 4) is 0 Å². The molecule has 4 unspecified atom stereocenters. The highest BCUT2D eigenvalue weighted by molar-refractivity contribution is 4.98. The van der Waals surface area contributed by atoms with Gasteiger partial charge in [-0.2, -0.15) is 0 Å². The van der Waals surface area contributed by atoms with Crippen molar-refractivity contribution in [3.63, 3.8) is 0 Å². The van der Waals surface area contributed by atoms with Crippen LogP contribution >= 0.6 is 0 Å². The van der Waals surface area contributed by atoms with Crippen LogP contribution in [0.15, 0.2) is 0 Å². The van der Waals surface area contributed by atoms with Gasteiger partial charge in [-0.15, -0.1) is 0 Å². The predicted octanol–water partition coefficient (Wildman–Crippen LogP) is 1.77. The molecule has 0 amide bonds. The minimum Gasteiger partial charge on any atom is -0.377 e. The molecule has 1 N–H and O–H groups in total. The van der Waals surface area contributed by atoms with E-state index in [1.165, 1.54) is 38.6 Å². The Hall–Kier alpha value is -0.120. The Bertz CT molecular complexity index is 259. The molecule has 3 nitrogen and oxygen atoms in total. The van der Waals surface area contributed by atoms with E-state index in [0.717, 1.165) is 24.7 Å². The highest BCUT2D eigenvalue weighted by Crippen LogP contribution is 2.32. The van der Waals surface area contributed by atoms with Gasteiger partial charge in [0, 0.05) is 30.8 Å². The highest BCUT2D eigenvalue weighted by Gasteiger charge is 2.39. The fraction of sp³-hybridized carbons (Fsp3) is 1.00. The Morgan fingerprint density at radius 1 is 1.18 bits per heavy atom. The standard InChI is InChI=1S/C14H26N2O/c1-3-16(14-6-7-17-10(14)2)13-8-11-4-5-12(9-13)15-11/h10-15H,3-9H2,1-2H3. The van der Waals surface area contributed by atoms with E-state index < -0.39 is 0 Å². The highest BCUT2D eigenvalue weighted by atomic mass is 16.5. The lowest BCUT2D eigenvalue weighted by atomic mass is 9.95. The molecule has 3 fully saturated rings. The number of nitrogens with one attached hydrogen (secondary N) is 1. The topological polar surface area (TPSA) is 24.5 Å². The van der Waals surface area contributed by atoms with Crippen LogP contribution in [0.2, 0.25) is 0 Å². The summed E-state index contributed by atoms with van der Waals surface area (Å²) < 4.78 is 5.75. The van der Waals surface area contributed by atoms with Crippen LogP contribution < -0.4 is 5.32 Å². The number of ether oxygens (including phenoxy) is 1. The summed E-state index contributed by atoms with van der Waals surface area (Å²) in [6.07, 6.45) is 7.17. The van der Waals surface area contributed by atoms with Gasteiger partial charge in [-0.3, -0.25) is 4.90 Å². The zero-order valence-corrected chi connectivity index (χ0v) is 11.2. The molecule has 3 saturated heterocycles. The summed E-state index contributed by atoms with van der Waals surface area (Å²) in [5.41, 5.74) is 0. The van der Waals surface area contributed by atoms with Crippen LogP contribution in [0.1, 0.15) is 46.0 Å². The Morgan fingerprint density at radius 2 is 1.88 bits per heavy atom. The number of rotatable bonds is 3. The maximum Gasteiger partial charge on any atom is 0.0703 e. The van der Waals surface area contributed by atoms with Gasteiger partial charge in [-0.05, 0) is 45.6 Å². The average Bonchev–Trinajstić information content (AvgIpc) is 2.88. The predicted molar refractivity (Wildman–Crippen MR) is 69.2 cm³/mol. The second kappa shape index (κ2) is 4.87. The lowest BCUT2D eigenvalue weighted by Gasteiger charge is -2.41. The lowest BCUT2D eigenvalue weighted by molar-refractivity contribution is 0.0419. The largest absolute Gasteiger partial charge is 0.377 e. The van der Waals surface area contributed by atoms with Crippen molar-refractivity contribution in [3.05, 3.63) is 0 Å². The molecule has 0 aromatic carbocycles. The van der Waals surface area contributed by atoms with E-state index in [9.17, 15) is 0 Å². The first kappa shape index (κ1) is 11.9. The summed E-state index contributed by atoms with van der Waals surface area (Å²) >= 11 is 0. The SMILES string of the molecule is CCN(C1CC2CCC(C1)N2)C1CCOC1C. The molecule has 0 aromatic rings. The summed E-state index contributed by atoms with van der Waals surface area (Å²) in [6.45, 7) is 6.70. The van der Waals surface area contributed by atoms with Gasteiger partial charge in [-0.25, -0.2) is 0 Å². The summed E-state index contributed by atoms with van der Waals surface area (Å²) in [7, 11) is 0. The second-order valence-electron chi connectivity index (χ2n) is 6.03. The molecule has 3 heteroatoms. The summed E-state index contributed by atoms with van der Waals surface area (Å²) in [4.78, 5) is 2.74. The van der Waals surface area contributed by atoms with Gasteiger partial charge >= 0.3 is 0 Å². The van der Waals surface area contributed by atoms with E-state index in [-0.39, 0.29) is 0 Å². The molecule has 0 aromatic heterocycles. The number of fused-ring (bicyclic) bond motifs is 2. The molecule has 17 heavy (non-hydrogen) atoms. The van der Waals surface area contributed by atoms with Crippen LogP contribution in [-0.2, 0) is 4.74 Å². The van der Waals surface area contributed by atoms with E-state index in [4.69, 9.17) is 4.74 Å². The summed E-state index contributed by atoms with van der Waals surface area (Å²) in [5, 5.41) is 3.74. The molecule has 2 bridgehead atoms. The Labute approximate surface area is 105 Å². The number of nitrogens with zero attached hydrogens (tertiary/aromatic N) is 1. The molecular weight excluding hydrogens is 212 g/mol. The zero-order chi connectivity index (χ0) is 11.8. The maximum absolute atomic E-state index is 5.75. The van der Waals surface area contributed by atoms with Crippen LogP contribution in [0.3, 0.4) is 0 Å². The van der Waals surface area contributed by atoms with Crippen molar-refractivity contribution in [1.82, 2.24) is 10.2 Å². The third kappa shape index (κ3) is 2.25. The molecule has 0 saturated carbocycles. The summed E-state index contributed by atoms with van der Waals surface area (Å²) in [5.74, 6) is 0. The normalized spacial score (nSPS) is 45.7. The van der Waals surface area contributed by atoms with Crippen molar-refractivity contribution >= 4 is 0 Å². The Morgan fingerprint density at radius 3 is 2.41 bits per heavy atom. The van der Waals surface area contributed by atoms with E-state index in [0.29, 0.717) is 12.1 Å². The molecule has 3 aliphatic heterocycles. The van der Waals surface area contributed by atoms with Gasteiger partial charge in [0.2, 0.25) is 0 Å². The maximum atomic E-state index is 5.75. The van der Waals surface area contributed by atoms with E-state index >= 15 is 0 Å². The van der Waals surface area contributed by atoms with Crippen LogP contribution in [0.5, 0.6) is 0 Å². The molecule has 0 spiro atoms. The minimum atomic E-state index is 0.433. The average molecular weight is 238 g/mol. The number of hydrogen-bond acceptors (Lipinski definition) is 3. The first-order valence-electron chi connectivity index (χ1n) is 7.41. The van der Waals surface area contributed by atoms with Crippen LogP contribution in [-0.4, -0.2) is 48.3 Å². The van der Waals surface area contributed by atoms with Crippen molar-refractivity contribution in [1.29, 1.82) is 0 Å².